The number of hydrogen-bond donors (Lipinski definition) is 2. The maximum absolute atomic E-state index is 12.7. The van der Waals surface area contributed by atoms with Crippen LogP contribution in [0.4, 0.5) is 5.69 Å². The van der Waals surface area contributed by atoms with E-state index in [9.17, 15) is 19.2 Å². The lowest BCUT2D eigenvalue weighted by Crippen LogP contribution is -2.38. The molecule has 0 radical (unpaired) electrons. The van der Waals surface area contributed by atoms with Crippen LogP contribution < -0.4 is 21.3 Å². The second-order valence-electron chi connectivity index (χ2n) is 5.93. The molecular formula is C20H17N3O5. The predicted octanol–water partition coefficient (Wildman–Crippen LogP) is 1.99. The molecule has 8 heteroatoms. The largest absolute Gasteiger partial charge is 0.497 e. The highest BCUT2D eigenvalue weighted by Gasteiger charge is 2.16. The van der Waals surface area contributed by atoms with Gasteiger partial charge in [-0.15, -0.1) is 0 Å². The molecule has 0 spiro atoms. The molecule has 2 aromatic carbocycles. The maximum atomic E-state index is 12.7. The number of nitrogens with zero attached hydrogens (tertiary/aromatic N) is 1. The van der Waals surface area contributed by atoms with Crippen LogP contribution >= 0.6 is 0 Å². The number of ketones is 1. The van der Waals surface area contributed by atoms with Gasteiger partial charge in [0.05, 0.1) is 12.8 Å². The third-order valence-corrected chi connectivity index (χ3v) is 4.10. The van der Waals surface area contributed by atoms with Gasteiger partial charge in [0, 0.05) is 17.4 Å². The molecule has 0 saturated heterocycles. The molecule has 1 amide bonds. The standard InChI is InChI=1S/C20H17N3O5/c1-12(24)13-3-5-14(6-4-13)22-18(25)17-11-21-20(27)23(19(17)26)15-7-9-16(28-2)10-8-15/h3-11H,1-2H3,(H,21,27)(H,22,25). The third kappa shape index (κ3) is 3.75. The average molecular weight is 379 g/mol. The molecule has 0 aliphatic rings. The maximum Gasteiger partial charge on any atom is 0.333 e. The molecule has 8 nitrogen and oxygen atoms in total. The van der Waals surface area contributed by atoms with E-state index in [1.54, 1.807) is 36.4 Å². The van der Waals surface area contributed by atoms with Crippen molar-refractivity contribution in [2.75, 3.05) is 12.4 Å². The number of carbonyl (C=O) groups is 2. The van der Waals surface area contributed by atoms with Gasteiger partial charge in [-0.25, -0.2) is 9.36 Å². The van der Waals surface area contributed by atoms with E-state index in [1.165, 1.54) is 26.2 Å². The van der Waals surface area contributed by atoms with Gasteiger partial charge in [-0.2, -0.15) is 0 Å². The van der Waals surface area contributed by atoms with Gasteiger partial charge in [0.2, 0.25) is 0 Å². The molecule has 142 valence electrons. The molecule has 1 heterocycles. The Kier molecular flexibility index (Phi) is 5.21. The number of carbonyl (C=O) groups excluding carboxylic acids is 2. The van der Waals surface area contributed by atoms with E-state index in [4.69, 9.17) is 4.74 Å². The van der Waals surface area contributed by atoms with Gasteiger partial charge in [-0.05, 0) is 55.5 Å². The van der Waals surface area contributed by atoms with E-state index in [0.29, 0.717) is 22.7 Å². The van der Waals surface area contributed by atoms with Crippen molar-refractivity contribution in [3.8, 4) is 11.4 Å². The van der Waals surface area contributed by atoms with Crippen LogP contribution in [0.3, 0.4) is 0 Å². The molecule has 0 bridgehead atoms. The van der Waals surface area contributed by atoms with Gasteiger partial charge in [0.25, 0.3) is 11.5 Å². The lowest BCUT2D eigenvalue weighted by molar-refractivity contribution is 0.101. The number of anilines is 1. The van der Waals surface area contributed by atoms with Crippen molar-refractivity contribution in [2.45, 2.75) is 6.92 Å². The SMILES string of the molecule is COc1ccc(-n2c(=O)[nH]cc(C(=O)Nc3ccc(C(C)=O)cc3)c2=O)cc1. The third-order valence-electron chi connectivity index (χ3n) is 4.10. The normalized spacial score (nSPS) is 10.4. The Balaban J connectivity index is 1.93. The van der Waals surface area contributed by atoms with Crippen molar-refractivity contribution in [1.29, 1.82) is 0 Å². The first kappa shape index (κ1) is 18.8. The van der Waals surface area contributed by atoms with Crippen molar-refractivity contribution < 1.29 is 14.3 Å². The van der Waals surface area contributed by atoms with E-state index in [-0.39, 0.29) is 11.3 Å². The number of benzene rings is 2. The smallest absolute Gasteiger partial charge is 0.333 e. The number of ether oxygens (including phenoxy) is 1. The molecule has 0 aliphatic heterocycles. The zero-order chi connectivity index (χ0) is 20.3. The Morgan fingerprint density at radius 3 is 2.21 bits per heavy atom. The fourth-order valence-electron chi connectivity index (χ4n) is 2.59. The topological polar surface area (TPSA) is 110 Å². The Morgan fingerprint density at radius 1 is 1.00 bits per heavy atom. The summed E-state index contributed by atoms with van der Waals surface area (Å²) in [6, 6.07) is 12.5. The van der Waals surface area contributed by atoms with Crippen molar-refractivity contribution in [3.05, 3.63) is 86.7 Å². The monoisotopic (exact) mass is 379 g/mol. The fourth-order valence-corrected chi connectivity index (χ4v) is 2.59. The van der Waals surface area contributed by atoms with Crippen molar-refractivity contribution in [1.82, 2.24) is 9.55 Å². The summed E-state index contributed by atoms with van der Waals surface area (Å²) in [7, 11) is 1.50. The Morgan fingerprint density at radius 2 is 1.64 bits per heavy atom. The summed E-state index contributed by atoms with van der Waals surface area (Å²) in [4.78, 5) is 51.1. The molecule has 0 saturated carbocycles. The van der Waals surface area contributed by atoms with Crippen LogP contribution in [0, 0.1) is 0 Å². The summed E-state index contributed by atoms with van der Waals surface area (Å²) in [6.45, 7) is 1.44. The number of Topliss-reactive ketones (excluding diaryl/α,β-unsaturated/α-hetero) is 1. The fraction of sp³-hybridized carbons (Fsp3) is 0.100. The van der Waals surface area contributed by atoms with Crippen molar-refractivity contribution >= 4 is 17.4 Å². The highest BCUT2D eigenvalue weighted by molar-refractivity contribution is 6.04. The number of rotatable bonds is 5. The summed E-state index contributed by atoms with van der Waals surface area (Å²) in [5.41, 5.74) is -0.441. The summed E-state index contributed by atoms with van der Waals surface area (Å²) in [6.07, 6.45) is 1.07. The highest BCUT2D eigenvalue weighted by atomic mass is 16.5. The van der Waals surface area contributed by atoms with Gasteiger partial charge in [-0.1, -0.05) is 0 Å². The zero-order valence-corrected chi connectivity index (χ0v) is 15.2. The lowest BCUT2D eigenvalue weighted by atomic mass is 10.1. The number of hydrogen-bond acceptors (Lipinski definition) is 5. The number of H-pyrrole nitrogens is 1. The number of nitrogens with one attached hydrogen (secondary N) is 2. The van der Waals surface area contributed by atoms with Crippen LogP contribution in [0.2, 0.25) is 0 Å². The Hall–Kier alpha value is -3.94. The van der Waals surface area contributed by atoms with Crippen LogP contribution in [-0.2, 0) is 0 Å². The average Bonchev–Trinajstić information content (AvgIpc) is 2.69. The minimum atomic E-state index is -0.758. The van der Waals surface area contributed by atoms with Crippen LogP contribution in [0.15, 0.2) is 64.3 Å². The Bertz CT molecular complexity index is 1140. The molecular weight excluding hydrogens is 362 g/mol. The van der Waals surface area contributed by atoms with E-state index < -0.39 is 17.2 Å². The zero-order valence-electron chi connectivity index (χ0n) is 15.2. The summed E-state index contributed by atoms with van der Waals surface area (Å²) < 4.78 is 5.93. The first-order chi connectivity index (χ1) is 13.4. The number of methoxy groups -OCH3 is 1. The molecule has 0 aliphatic carbocycles. The van der Waals surface area contributed by atoms with E-state index >= 15 is 0 Å². The number of amides is 1. The molecule has 2 N–H and O–H groups in total. The molecule has 1 aromatic heterocycles. The number of aromatic amines is 1. The molecule has 0 atom stereocenters. The molecule has 3 aromatic rings. The van der Waals surface area contributed by atoms with E-state index in [2.05, 4.69) is 10.3 Å². The van der Waals surface area contributed by atoms with E-state index in [0.717, 1.165) is 10.8 Å². The Labute approximate surface area is 159 Å². The molecule has 0 fully saturated rings. The summed E-state index contributed by atoms with van der Waals surface area (Å²) >= 11 is 0. The minimum Gasteiger partial charge on any atom is -0.497 e. The number of aromatic nitrogens is 2. The lowest BCUT2D eigenvalue weighted by Gasteiger charge is -2.09. The van der Waals surface area contributed by atoms with Crippen LogP contribution in [-0.4, -0.2) is 28.4 Å². The first-order valence-electron chi connectivity index (χ1n) is 8.32. The van der Waals surface area contributed by atoms with Gasteiger partial charge < -0.3 is 15.0 Å². The molecule has 28 heavy (non-hydrogen) atoms. The molecule has 0 unspecified atom stereocenters. The van der Waals surface area contributed by atoms with Gasteiger partial charge in [-0.3, -0.25) is 14.4 Å². The van der Waals surface area contributed by atoms with Gasteiger partial charge >= 0.3 is 5.69 Å². The van der Waals surface area contributed by atoms with Crippen molar-refractivity contribution in [2.24, 2.45) is 0 Å². The van der Waals surface area contributed by atoms with Crippen LogP contribution in [0.25, 0.3) is 5.69 Å². The summed E-state index contributed by atoms with van der Waals surface area (Å²) in [5.74, 6) is -0.212. The first-order valence-corrected chi connectivity index (χ1v) is 8.32. The van der Waals surface area contributed by atoms with E-state index in [1.807, 2.05) is 0 Å². The van der Waals surface area contributed by atoms with Crippen LogP contribution in [0.5, 0.6) is 5.75 Å². The van der Waals surface area contributed by atoms with Gasteiger partial charge in [0.1, 0.15) is 11.3 Å². The molecule has 3 rings (SSSR count). The highest BCUT2D eigenvalue weighted by Crippen LogP contribution is 2.13. The predicted molar refractivity (Wildman–Crippen MR) is 104 cm³/mol. The second kappa shape index (κ2) is 7.75. The summed E-state index contributed by atoms with van der Waals surface area (Å²) in [5, 5.41) is 2.58. The van der Waals surface area contributed by atoms with Crippen LogP contribution in [0.1, 0.15) is 27.6 Å². The van der Waals surface area contributed by atoms with Crippen molar-refractivity contribution in [3.63, 3.8) is 0 Å². The minimum absolute atomic E-state index is 0.0964. The quantitative estimate of drug-likeness (QED) is 0.659. The second-order valence-corrected chi connectivity index (χ2v) is 5.93. The van der Waals surface area contributed by atoms with Gasteiger partial charge in [0.15, 0.2) is 5.78 Å².